The maximum Gasteiger partial charge on any atom is 0.307 e. The lowest BCUT2D eigenvalue weighted by Gasteiger charge is -2.30. The van der Waals surface area contributed by atoms with Crippen molar-refractivity contribution >= 4 is 29.6 Å². The van der Waals surface area contributed by atoms with Crippen molar-refractivity contribution in [3.63, 3.8) is 0 Å². The molecule has 8 N–H and O–H groups in total. The van der Waals surface area contributed by atoms with E-state index < -0.39 is 72.3 Å². The smallest absolute Gasteiger partial charge is 0.307 e. The van der Waals surface area contributed by atoms with Crippen LogP contribution in [-0.2, 0) is 30.4 Å². The van der Waals surface area contributed by atoms with Crippen molar-refractivity contribution in [2.24, 2.45) is 16.8 Å². The summed E-state index contributed by atoms with van der Waals surface area (Å²) in [5.74, 6) is -4.39. The molecular formula is C23H34N8O7. The van der Waals surface area contributed by atoms with E-state index in [1.165, 1.54) is 26.0 Å². The fourth-order valence-electron chi connectivity index (χ4n) is 3.40. The van der Waals surface area contributed by atoms with Crippen LogP contribution in [0.2, 0.25) is 0 Å². The number of nitrogens with two attached hydrogens (primary N) is 1. The summed E-state index contributed by atoms with van der Waals surface area (Å²) in [5.41, 5.74) is 13.2. The standard InChI is InChI=1S/C23H34N8O7/c1-12(2)19(29-21(37)17(28-14(4)32)9-15-5-7-16(33)8-6-15)22(38)27-13(3)20(36)30-23(24,10-18(34)35)11-26-31-25/h5-8,12-13,17,19,33H,9-11,24H2,1-4H3,(H,27,38)(H,28,32)(H,29,37)(H,30,36)(H,34,35)/t13-,17-,19-,23-/m0/s1. The number of phenols is 1. The lowest BCUT2D eigenvalue weighted by Crippen LogP contribution is -2.63. The summed E-state index contributed by atoms with van der Waals surface area (Å²) in [6.45, 7) is 5.36. The number of nitrogens with zero attached hydrogens (tertiary/aromatic N) is 3. The predicted octanol–water partition coefficient (Wildman–Crippen LogP) is -0.359. The number of carboxylic acid groups (broad SMARTS) is 1. The van der Waals surface area contributed by atoms with Gasteiger partial charge in [0.15, 0.2) is 0 Å². The lowest BCUT2D eigenvalue weighted by molar-refractivity contribution is -0.139. The number of amides is 4. The van der Waals surface area contributed by atoms with E-state index in [4.69, 9.17) is 16.4 Å². The zero-order valence-corrected chi connectivity index (χ0v) is 21.6. The molecule has 0 aliphatic heterocycles. The predicted molar refractivity (Wildman–Crippen MR) is 135 cm³/mol. The van der Waals surface area contributed by atoms with Gasteiger partial charge in [-0.25, -0.2) is 0 Å². The molecule has 4 atom stereocenters. The summed E-state index contributed by atoms with van der Waals surface area (Å²) in [7, 11) is 0. The van der Waals surface area contributed by atoms with Crippen LogP contribution < -0.4 is 27.0 Å². The maximum absolute atomic E-state index is 13.0. The Bertz CT molecular complexity index is 1070. The molecule has 1 aromatic rings. The van der Waals surface area contributed by atoms with E-state index in [0.29, 0.717) is 5.56 Å². The van der Waals surface area contributed by atoms with Gasteiger partial charge < -0.3 is 37.2 Å². The van der Waals surface area contributed by atoms with Crippen molar-refractivity contribution in [1.82, 2.24) is 21.3 Å². The molecule has 4 amide bonds. The van der Waals surface area contributed by atoms with Crippen LogP contribution in [0, 0.1) is 5.92 Å². The molecule has 0 fully saturated rings. The number of hydrogen-bond acceptors (Lipinski definition) is 8. The van der Waals surface area contributed by atoms with Gasteiger partial charge in [-0.2, -0.15) is 0 Å². The van der Waals surface area contributed by atoms with E-state index in [1.54, 1.807) is 26.0 Å². The molecule has 38 heavy (non-hydrogen) atoms. The third-order valence-corrected chi connectivity index (χ3v) is 5.32. The van der Waals surface area contributed by atoms with Crippen LogP contribution in [0.5, 0.6) is 5.75 Å². The minimum absolute atomic E-state index is 0.0385. The Morgan fingerprint density at radius 1 is 1.03 bits per heavy atom. The number of phenolic OH excluding ortho intramolecular Hbond substituents is 1. The Kier molecular flexibility index (Phi) is 12.0. The quantitative estimate of drug-likeness (QED) is 0.0716. The van der Waals surface area contributed by atoms with Gasteiger partial charge in [-0.3, -0.25) is 24.0 Å². The minimum Gasteiger partial charge on any atom is -0.508 e. The third kappa shape index (κ3) is 10.7. The molecule has 0 bridgehead atoms. The van der Waals surface area contributed by atoms with E-state index in [-0.39, 0.29) is 12.2 Å². The average Bonchev–Trinajstić information content (AvgIpc) is 2.80. The highest BCUT2D eigenvalue weighted by molar-refractivity contribution is 5.94. The highest BCUT2D eigenvalue weighted by Gasteiger charge is 2.34. The van der Waals surface area contributed by atoms with E-state index in [9.17, 15) is 29.1 Å². The Labute approximate surface area is 219 Å². The number of aliphatic carboxylic acids is 1. The second kappa shape index (κ2) is 14.4. The third-order valence-electron chi connectivity index (χ3n) is 5.32. The van der Waals surface area contributed by atoms with Gasteiger partial charge in [0.1, 0.15) is 29.5 Å². The van der Waals surface area contributed by atoms with Crippen molar-refractivity contribution in [3.8, 4) is 5.75 Å². The van der Waals surface area contributed by atoms with E-state index >= 15 is 0 Å². The Morgan fingerprint density at radius 2 is 1.63 bits per heavy atom. The van der Waals surface area contributed by atoms with E-state index in [0.717, 1.165) is 0 Å². The van der Waals surface area contributed by atoms with Gasteiger partial charge >= 0.3 is 5.97 Å². The lowest BCUT2D eigenvalue weighted by atomic mass is 10.0. The number of azide groups is 1. The molecule has 0 unspecified atom stereocenters. The molecule has 0 saturated carbocycles. The first-order chi connectivity index (χ1) is 17.7. The average molecular weight is 535 g/mol. The molecular weight excluding hydrogens is 500 g/mol. The number of aromatic hydroxyl groups is 1. The van der Waals surface area contributed by atoms with E-state index in [2.05, 4.69) is 31.3 Å². The van der Waals surface area contributed by atoms with Crippen LogP contribution in [0.3, 0.4) is 0 Å². The van der Waals surface area contributed by atoms with E-state index in [1.807, 2.05) is 0 Å². The summed E-state index contributed by atoms with van der Waals surface area (Å²) >= 11 is 0. The molecule has 0 saturated heterocycles. The highest BCUT2D eigenvalue weighted by Crippen LogP contribution is 2.12. The first-order valence-electron chi connectivity index (χ1n) is 11.7. The number of hydrogen-bond donors (Lipinski definition) is 7. The van der Waals surface area contributed by atoms with Gasteiger partial charge in [0, 0.05) is 18.3 Å². The number of carbonyl (C=O) groups is 5. The summed E-state index contributed by atoms with van der Waals surface area (Å²) in [4.78, 5) is 64.0. The Balaban J connectivity index is 2.96. The molecule has 0 aromatic heterocycles. The van der Waals surface area contributed by atoms with Crippen LogP contribution in [0.15, 0.2) is 29.4 Å². The van der Waals surface area contributed by atoms with Gasteiger partial charge in [0.05, 0.1) is 13.0 Å². The number of rotatable bonds is 14. The fourth-order valence-corrected chi connectivity index (χ4v) is 3.40. The zero-order valence-electron chi connectivity index (χ0n) is 21.6. The van der Waals surface area contributed by atoms with Crippen molar-refractivity contribution in [2.75, 3.05) is 6.54 Å². The Hall–Kier alpha value is -4.36. The summed E-state index contributed by atoms with van der Waals surface area (Å²) in [5, 5.41) is 31.6. The number of nitrogens with one attached hydrogen (secondary N) is 4. The molecule has 0 spiro atoms. The van der Waals surface area contributed by atoms with Crippen LogP contribution in [0.4, 0.5) is 0 Å². The maximum atomic E-state index is 13.0. The van der Waals surface area contributed by atoms with Crippen LogP contribution >= 0.6 is 0 Å². The molecule has 1 aromatic carbocycles. The monoisotopic (exact) mass is 534 g/mol. The summed E-state index contributed by atoms with van der Waals surface area (Å²) in [6.07, 6.45) is -0.654. The molecule has 208 valence electrons. The largest absolute Gasteiger partial charge is 0.508 e. The minimum atomic E-state index is -1.89. The van der Waals surface area contributed by atoms with Crippen molar-refractivity contribution in [2.45, 2.75) is 64.3 Å². The second-order valence-corrected chi connectivity index (χ2v) is 9.19. The second-order valence-electron chi connectivity index (χ2n) is 9.19. The Morgan fingerprint density at radius 3 is 2.13 bits per heavy atom. The SMILES string of the molecule is CC(=O)N[C@@H](Cc1ccc(O)cc1)C(=O)N[C@H](C(=O)N[C@@H](C)C(=O)N[C@](N)(CN=[N+]=[N-])CC(=O)O)C(C)C. The molecule has 15 nitrogen and oxygen atoms in total. The molecule has 0 radical (unpaired) electrons. The van der Waals surface area contributed by atoms with Crippen molar-refractivity contribution in [1.29, 1.82) is 0 Å². The van der Waals surface area contributed by atoms with Gasteiger partial charge in [-0.1, -0.05) is 31.1 Å². The van der Waals surface area contributed by atoms with Gasteiger partial charge in [-0.05, 0) is 36.1 Å². The number of carbonyl (C=O) groups excluding carboxylic acids is 4. The zero-order chi connectivity index (χ0) is 29.0. The van der Waals surface area contributed by atoms with Crippen LogP contribution in [-0.4, -0.2) is 70.1 Å². The molecule has 0 heterocycles. The van der Waals surface area contributed by atoms with Crippen LogP contribution in [0.1, 0.15) is 39.7 Å². The van der Waals surface area contributed by atoms with Crippen LogP contribution in [0.25, 0.3) is 10.4 Å². The molecule has 0 aliphatic carbocycles. The summed E-state index contributed by atoms with van der Waals surface area (Å²) < 4.78 is 0. The summed E-state index contributed by atoms with van der Waals surface area (Å²) in [6, 6.07) is 2.73. The highest BCUT2D eigenvalue weighted by atomic mass is 16.4. The fraction of sp³-hybridized carbons (Fsp3) is 0.522. The molecule has 0 aliphatic rings. The number of benzene rings is 1. The normalized spacial score (nSPS) is 14.6. The van der Waals surface area contributed by atoms with Gasteiger partial charge in [0.25, 0.3) is 0 Å². The van der Waals surface area contributed by atoms with Gasteiger partial charge in [0.2, 0.25) is 23.6 Å². The molecule has 15 heteroatoms. The molecule has 1 rings (SSSR count). The van der Waals surface area contributed by atoms with Crippen molar-refractivity contribution in [3.05, 3.63) is 40.3 Å². The van der Waals surface area contributed by atoms with Crippen molar-refractivity contribution < 1.29 is 34.2 Å². The topological polar surface area (TPSA) is 249 Å². The first kappa shape index (κ1) is 31.7. The number of carboxylic acids is 1. The van der Waals surface area contributed by atoms with Gasteiger partial charge in [-0.15, -0.1) is 0 Å². The first-order valence-corrected chi connectivity index (χ1v) is 11.7.